The molecule has 0 bridgehead atoms. The van der Waals surface area contributed by atoms with E-state index in [4.69, 9.17) is 0 Å². The normalized spacial score (nSPS) is 12.7. The lowest BCUT2D eigenvalue weighted by atomic mass is 10.3. The zero-order valence-electron chi connectivity index (χ0n) is 6.19. The molecule has 1 atom stereocenters. The number of carbonyl (C=O) groups excluding carboxylic acids is 1. The van der Waals surface area contributed by atoms with Crippen molar-refractivity contribution in [1.29, 1.82) is 0 Å². The molecule has 0 spiro atoms. The van der Waals surface area contributed by atoms with E-state index in [1.54, 1.807) is 18.7 Å². The fourth-order valence-electron chi connectivity index (χ4n) is 0.333. The van der Waals surface area contributed by atoms with Crippen molar-refractivity contribution in [1.82, 2.24) is 0 Å². The number of hydrogen-bond acceptors (Lipinski definition) is 2. The summed E-state index contributed by atoms with van der Waals surface area (Å²) in [6, 6.07) is 0. The van der Waals surface area contributed by atoms with Crippen LogP contribution in [-0.2, 0) is 4.79 Å². The van der Waals surface area contributed by atoms with E-state index in [0.29, 0.717) is 0 Å². The molecule has 1 nitrogen and oxygen atoms in total. The molecule has 0 radical (unpaired) electrons. The molecule has 0 aromatic carbocycles. The van der Waals surface area contributed by atoms with Gasteiger partial charge in [-0.1, -0.05) is 22.5 Å². The Labute approximate surface area is 74.4 Å². The highest BCUT2D eigenvalue weighted by atomic mass is 79.9. The summed E-state index contributed by atoms with van der Waals surface area (Å²) in [5, 5.41) is 0.0919. The highest BCUT2D eigenvalue weighted by molar-refractivity contribution is 9.11. The number of carbonyl (C=O) groups is 1. The maximum Gasteiger partial charge on any atom is 0.142 e. The Morgan fingerprint density at radius 1 is 1.80 bits per heavy atom. The molecule has 0 aliphatic carbocycles. The fourth-order valence-corrected chi connectivity index (χ4v) is 1.39. The maximum absolute atomic E-state index is 10.7. The molecule has 1 unspecified atom stereocenters. The Morgan fingerprint density at radius 2 is 2.30 bits per heavy atom. The average molecular weight is 223 g/mol. The van der Waals surface area contributed by atoms with Crippen molar-refractivity contribution < 1.29 is 4.79 Å². The summed E-state index contributed by atoms with van der Waals surface area (Å²) in [6.07, 6.45) is 0. The van der Waals surface area contributed by atoms with Crippen LogP contribution in [0, 0.1) is 0 Å². The number of halogens is 1. The molecule has 0 saturated heterocycles. The number of thioether (sulfide) groups is 1. The number of ketones is 1. The second kappa shape index (κ2) is 4.97. The molecule has 0 aromatic rings. The predicted octanol–water partition coefficient (Wildman–Crippen LogP) is 2.61. The van der Waals surface area contributed by atoms with Gasteiger partial charge >= 0.3 is 0 Å². The summed E-state index contributed by atoms with van der Waals surface area (Å²) < 4.78 is 0.936. The van der Waals surface area contributed by atoms with Gasteiger partial charge in [-0.25, -0.2) is 0 Å². The topological polar surface area (TPSA) is 17.1 Å². The van der Waals surface area contributed by atoms with Crippen molar-refractivity contribution >= 4 is 33.5 Å². The SMILES string of the molecule is C=C(Br)CSC(C)C(C)=O. The first-order valence-corrected chi connectivity index (χ1v) is 4.83. The molecule has 0 heterocycles. The monoisotopic (exact) mass is 222 g/mol. The summed E-state index contributed by atoms with van der Waals surface area (Å²) >= 11 is 4.82. The maximum atomic E-state index is 10.7. The van der Waals surface area contributed by atoms with E-state index in [-0.39, 0.29) is 11.0 Å². The minimum Gasteiger partial charge on any atom is -0.299 e. The highest BCUT2D eigenvalue weighted by Gasteiger charge is 2.06. The quantitative estimate of drug-likeness (QED) is 0.728. The molecule has 3 heteroatoms. The van der Waals surface area contributed by atoms with E-state index in [1.165, 1.54) is 0 Å². The number of hydrogen-bond donors (Lipinski definition) is 0. The first kappa shape index (κ1) is 10.2. The number of Topliss-reactive ketones (excluding diaryl/α,β-unsaturated/α-hetero) is 1. The molecule has 0 aromatic heterocycles. The minimum absolute atomic E-state index is 0.0919. The van der Waals surface area contributed by atoms with Crippen molar-refractivity contribution in [3.63, 3.8) is 0 Å². The molecule has 0 N–H and O–H groups in total. The van der Waals surface area contributed by atoms with Gasteiger partial charge in [0, 0.05) is 5.75 Å². The van der Waals surface area contributed by atoms with Gasteiger partial charge < -0.3 is 0 Å². The van der Waals surface area contributed by atoms with E-state index in [9.17, 15) is 4.79 Å². The minimum atomic E-state index is 0.0919. The van der Waals surface area contributed by atoms with Crippen LogP contribution in [0.4, 0.5) is 0 Å². The Hall–Kier alpha value is 0.240. The summed E-state index contributed by atoms with van der Waals surface area (Å²) in [7, 11) is 0. The van der Waals surface area contributed by atoms with Crippen molar-refractivity contribution in [3.05, 3.63) is 11.1 Å². The first-order chi connectivity index (χ1) is 4.54. The molecular weight excluding hydrogens is 212 g/mol. The summed E-state index contributed by atoms with van der Waals surface area (Å²) in [5.74, 6) is 1.03. The van der Waals surface area contributed by atoms with Crippen LogP contribution in [0.1, 0.15) is 13.8 Å². The third kappa shape index (κ3) is 5.06. The number of rotatable bonds is 4. The molecular formula is C7H11BrOS. The Kier molecular flexibility index (Phi) is 5.09. The van der Waals surface area contributed by atoms with E-state index in [0.717, 1.165) is 10.2 Å². The summed E-state index contributed by atoms with van der Waals surface area (Å²) in [5.41, 5.74) is 0. The van der Waals surface area contributed by atoms with E-state index < -0.39 is 0 Å². The Balaban J connectivity index is 3.49. The van der Waals surface area contributed by atoms with Crippen LogP contribution >= 0.6 is 27.7 Å². The van der Waals surface area contributed by atoms with Crippen molar-refractivity contribution in [2.24, 2.45) is 0 Å². The standard InChI is InChI=1S/C7H11BrOS/c1-5(8)4-10-7(3)6(2)9/h7H,1,4H2,2-3H3. The molecule has 0 fully saturated rings. The lowest BCUT2D eigenvalue weighted by Crippen LogP contribution is -2.08. The molecule has 0 aliphatic rings. The van der Waals surface area contributed by atoms with Gasteiger partial charge in [0.25, 0.3) is 0 Å². The van der Waals surface area contributed by atoms with E-state index in [1.807, 2.05) is 6.92 Å². The van der Waals surface area contributed by atoms with Gasteiger partial charge in [0.2, 0.25) is 0 Å². The molecule has 0 aliphatic heterocycles. The van der Waals surface area contributed by atoms with Crippen molar-refractivity contribution in [3.8, 4) is 0 Å². The fraction of sp³-hybridized carbons (Fsp3) is 0.571. The van der Waals surface area contributed by atoms with Crippen molar-refractivity contribution in [2.45, 2.75) is 19.1 Å². The summed E-state index contributed by atoms with van der Waals surface area (Å²) in [4.78, 5) is 10.7. The van der Waals surface area contributed by atoms with Gasteiger partial charge in [0.05, 0.1) is 5.25 Å². The lowest BCUT2D eigenvalue weighted by Gasteiger charge is -2.04. The van der Waals surface area contributed by atoms with Gasteiger partial charge in [-0.2, -0.15) is 0 Å². The van der Waals surface area contributed by atoms with Crippen molar-refractivity contribution in [2.75, 3.05) is 5.75 Å². The van der Waals surface area contributed by atoms with Gasteiger partial charge in [-0.3, -0.25) is 4.79 Å². The molecule has 0 rings (SSSR count). The molecule has 0 saturated carbocycles. The molecule has 0 amide bonds. The Morgan fingerprint density at radius 3 is 2.60 bits per heavy atom. The third-order valence-corrected chi connectivity index (χ3v) is 3.06. The van der Waals surface area contributed by atoms with Gasteiger partial charge in [0.15, 0.2) is 0 Å². The first-order valence-electron chi connectivity index (χ1n) is 2.99. The molecule has 58 valence electrons. The lowest BCUT2D eigenvalue weighted by molar-refractivity contribution is -0.116. The zero-order valence-corrected chi connectivity index (χ0v) is 8.59. The third-order valence-electron chi connectivity index (χ3n) is 1.06. The van der Waals surface area contributed by atoms with Crippen LogP contribution in [0.25, 0.3) is 0 Å². The van der Waals surface area contributed by atoms with E-state index in [2.05, 4.69) is 22.5 Å². The molecule has 10 heavy (non-hydrogen) atoms. The second-order valence-electron chi connectivity index (χ2n) is 2.08. The van der Waals surface area contributed by atoms with Crippen LogP contribution in [0.5, 0.6) is 0 Å². The zero-order chi connectivity index (χ0) is 8.15. The van der Waals surface area contributed by atoms with Crippen LogP contribution < -0.4 is 0 Å². The van der Waals surface area contributed by atoms with Crippen LogP contribution in [-0.4, -0.2) is 16.8 Å². The van der Waals surface area contributed by atoms with E-state index >= 15 is 0 Å². The second-order valence-corrected chi connectivity index (χ2v) is 4.53. The van der Waals surface area contributed by atoms with Crippen LogP contribution in [0.15, 0.2) is 11.1 Å². The van der Waals surface area contributed by atoms with Crippen LogP contribution in [0.2, 0.25) is 0 Å². The predicted molar refractivity (Wildman–Crippen MR) is 50.7 cm³/mol. The van der Waals surface area contributed by atoms with Gasteiger partial charge in [0.1, 0.15) is 5.78 Å². The van der Waals surface area contributed by atoms with Crippen LogP contribution in [0.3, 0.4) is 0 Å². The average Bonchev–Trinajstić information content (AvgIpc) is 1.82. The Bertz CT molecular complexity index is 145. The van der Waals surface area contributed by atoms with Gasteiger partial charge in [-0.05, 0) is 18.3 Å². The highest BCUT2D eigenvalue weighted by Crippen LogP contribution is 2.16. The largest absolute Gasteiger partial charge is 0.299 e. The summed E-state index contributed by atoms with van der Waals surface area (Å²) in [6.45, 7) is 7.18. The smallest absolute Gasteiger partial charge is 0.142 e. The van der Waals surface area contributed by atoms with Gasteiger partial charge in [-0.15, -0.1) is 11.8 Å².